The van der Waals surface area contributed by atoms with Crippen molar-refractivity contribution in [3.8, 4) is 10.6 Å². The minimum absolute atomic E-state index is 0. The average molecular weight is 393 g/mol. The molecule has 1 aromatic carbocycles. The molecular formula is C17H18ClFN6S. The predicted molar refractivity (Wildman–Crippen MR) is 105 cm³/mol. The Kier molecular flexibility index (Phi) is 5.97. The second-order valence-corrected chi connectivity index (χ2v) is 6.56. The Labute approximate surface area is 160 Å². The Morgan fingerprint density at radius 2 is 1.88 bits per heavy atom. The van der Waals surface area contributed by atoms with Crippen LogP contribution in [0.5, 0.6) is 0 Å². The maximum Gasteiger partial charge on any atom is 0.227 e. The van der Waals surface area contributed by atoms with Gasteiger partial charge in [0, 0.05) is 44.1 Å². The van der Waals surface area contributed by atoms with Gasteiger partial charge in [0.1, 0.15) is 11.6 Å². The number of halogens is 2. The molecule has 1 saturated heterocycles. The van der Waals surface area contributed by atoms with Crippen LogP contribution < -0.4 is 15.5 Å². The second-order valence-electron chi connectivity index (χ2n) is 5.67. The van der Waals surface area contributed by atoms with Crippen molar-refractivity contribution in [2.45, 2.75) is 0 Å². The monoisotopic (exact) mass is 392 g/mol. The summed E-state index contributed by atoms with van der Waals surface area (Å²) < 4.78 is 13.1. The van der Waals surface area contributed by atoms with Gasteiger partial charge in [-0.25, -0.2) is 9.37 Å². The molecule has 3 aromatic rings. The van der Waals surface area contributed by atoms with Crippen LogP contribution >= 0.6 is 23.7 Å². The number of nitrogens with one attached hydrogen (secondary N) is 2. The third-order valence-corrected chi connectivity index (χ3v) is 4.71. The SMILES string of the molecule is Cl.Fc1ccc(Nc2cc(-c3cncs3)nc(N3CCNCC3)n2)cc1. The van der Waals surface area contributed by atoms with Crippen LogP contribution in [0.15, 0.2) is 42.0 Å². The highest BCUT2D eigenvalue weighted by molar-refractivity contribution is 7.13. The zero-order valence-electron chi connectivity index (χ0n) is 13.9. The molecule has 0 spiro atoms. The molecule has 6 nitrogen and oxygen atoms in total. The first-order chi connectivity index (χ1) is 12.3. The van der Waals surface area contributed by atoms with Crippen LogP contribution in [0.3, 0.4) is 0 Å². The van der Waals surface area contributed by atoms with Crippen LogP contribution in [-0.2, 0) is 0 Å². The molecule has 0 bridgehead atoms. The van der Waals surface area contributed by atoms with Crippen LogP contribution in [0.2, 0.25) is 0 Å². The molecule has 4 rings (SSSR count). The Balaban J connectivity index is 0.00000196. The van der Waals surface area contributed by atoms with Gasteiger partial charge in [0.25, 0.3) is 0 Å². The molecule has 136 valence electrons. The molecular weight excluding hydrogens is 375 g/mol. The van der Waals surface area contributed by atoms with Crippen LogP contribution in [-0.4, -0.2) is 41.1 Å². The molecule has 0 saturated carbocycles. The van der Waals surface area contributed by atoms with Crippen molar-refractivity contribution >= 4 is 41.2 Å². The quantitative estimate of drug-likeness (QED) is 0.710. The molecule has 0 amide bonds. The number of anilines is 3. The lowest BCUT2D eigenvalue weighted by Gasteiger charge is -2.27. The summed E-state index contributed by atoms with van der Waals surface area (Å²) in [7, 11) is 0. The summed E-state index contributed by atoms with van der Waals surface area (Å²) in [6.45, 7) is 3.55. The lowest BCUT2D eigenvalue weighted by Crippen LogP contribution is -2.44. The highest BCUT2D eigenvalue weighted by atomic mass is 35.5. The smallest absolute Gasteiger partial charge is 0.227 e. The largest absolute Gasteiger partial charge is 0.340 e. The molecule has 3 heterocycles. The number of piperazine rings is 1. The average Bonchev–Trinajstić information content (AvgIpc) is 3.19. The highest BCUT2D eigenvalue weighted by Crippen LogP contribution is 2.27. The van der Waals surface area contributed by atoms with Crippen LogP contribution in [0.25, 0.3) is 10.6 Å². The number of benzene rings is 1. The van der Waals surface area contributed by atoms with E-state index in [1.54, 1.807) is 23.8 Å². The zero-order chi connectivity index (χ0) is 17.1. The number of rotatable bonds is 4. The van der Waals surface area contributed by atoms with Gasteiger partial charge >= 0.3 is 0 Å². The van der Waals surface area contributed by atoms with Gasteiger partial charge < -0.3 is 15.5 Å². The fourth-order valence-electron chi connectivity index (χ4n) is 2.65. The number of nitrogens with zero attached hydrogens (tertiary/aromatic N) is 4. The van der Waals surface area contributed by atoms with Crippen LogP contribution in [0, 0.1) is 5.82 Å². The molecule has 2 N–H and O–H groups in total. The van der Waals surface area contributed by atoms with Gasteiger partial charge in [0.15, 0.2) is 0 Å². The Hall–Kier alpha value is -2.29. The van der Waals surface area contributed by atoms with Crippen LogP contribution in [0.4, 0.5) is 21.8 Å². The van der Waals surface area contributed by atoms with Crippen molar-refractivity contribution in [1.82, 2.24) is 20.3 Å². The van der Waals surface area contributed by atoms with E-state index in [1.165, 1.54) is 23.5 Å². The summed E-state index contributed by atoms with van der Waals surface area (Å²) in [6.07, 6.45) is 1.80. The summed E-state index contributed by atoms with van der Waals surface area (Å²) in [5.41, 5.74) is 3.40. The van der Waals surface area contributed by atoms with Crippen molar-refractivity contribution in [2.75, 3.05) is 36.4 Å². The summed E-state index contributed by atoms with van der Waals surface area (Å²) in [6, 6.07) is 8.11. The normalized spacial score (nSPS) is 14.0. The predicted octanol–water partition coefficient (Wildman–Crippen LogP) is 3.31. The second kappa shape index (κ2) is 8.39. The van der Waals surface area contributed by atoms with Gasteiger partial charge in [-0.05, 0) is 24.3 Å². The van der Waals surface area contributed by atoms with Gasteiger partial charge in [0.05, 0.1) is 16.1 Å². The fraction of sp³-hybridized carbons (Fsp3) is 0.235. The molecule has 1 aliphatic heterocycles. The first kappa shape index (κ1) is 18.5. The Bertz CT molecular complexity index is 837. The summed E-state index contributed by atoms with van der Waals surface area (Å²) in [5.74, 6) is 1.11. The van der Waals surface area contributed by atoms with Gasteiger partial charge in [-0.2, -0.15) is 4.98 Å². The van der Waals surface area contributed by atoms with Gasteiger partial charge in [-0.3, -0.25) is 4.98 Å². The van der Waals surface area contributed by atoms with E-state index in [2.05, 4.69) is 25.5 Å². The maximum atomic E-state index is 13.1. The van der Waals surface area contributed by atoms with Gasteiger partial charge in [-0.15, -0.1) is 23.7 Å². The molecule has 2 aromatic heterocycles. The zero-order valence-corrected chi connectivity index (χ0v) is 15.5. The number of thiazole rings is 1. The number of hydrogen-bond acceptors (Lipinski definition) is 7. The van der Waals surface area contributed by atoms with E-state index < -0.39 is 0 Å². The van der Waals surface area contributed by atoms with Gasteiger partial charge in [-0.1, -0.05) is 0 Å². The maximum absolute atomic E-state index is 13.1. The third kappa shape index (κ3) is 4.27. The van der Waals surface area contributed by atoms with E-state index in [1.807, 2.05) is 6.07 Å². The van der Waals surface area contributed by atoms with E-state index in [9.17, 15) is 4.39 Å². The molecule has 9 heteroatoms. The van der Waals surface area contributed by atoms with Crippen molar-refractivity contribution in [3.63, 3.8) is 0 Å². The van der Waals surface area contributed by atoms with Gasteiger partial charge in [0.2, 0.25) is 5.95 Å². The molecule has 1 fully saturated rings. The minimum atomic E-state index is -0.264. The molecule has 0 aliphatic carbocycles. The van der Waals surface area contributed by atoms with Crippen molar-refractivity contribution in [3.05, 3.63) is 47.9 Å². The lowest BCUT2D eigenvalue weighted by molar-refractivity contribution is 0.580. The van der Waals surface area contributed by atoms with E-state index >= 15 is 0 Å². The van der Waals surface area contributed by atoms with E-state index in [4.69, 9.17) is 4.98 Å². The lowest BCUT2D eigenvalue weighted by atomic mass is 10.3. The molecule has 0 atom stereocenters. The molecule has 1 aliphatic rings. The first-order valence-corrected chi connectivity index (χ1v) is 8.92. The summed E-state index contributed by atoms with van der Waals surface area (Å²) in [5, 5.41) is 6.57. The fourth-order valence-corrected chi connectivity index (χ4v) is 3.24. The topological polar surface area (TPSA) is 66.0 Å². The van der Waals surface area contributed by atoms with E-state index in [0.29, 0.717) is 11.8 Å². The summed E-state index contributed by atoms with van der Waals surface area (Å²) >= 11 is 1.54. The third-order valence-electron chi connectivity index (χ3n) is 3.92. The molecule has 26 heavy (non-hydrogen) atoms. The van der Waals surface area contributed by atoms with Crippen LogP contribution in [0.1, 0.15) is 0 Å². The van der Waals surface area contributed by atoms with Crippen molar-refractivity contribution in [2.24, 2.45) is 0 Å². The Morgan fingerprint density at radius 3 is 2.58 bits per heavy atom. The number of hydrogen-bond donors (Lipinski definition) is 2. The number of aromatic nitrogens is 3. The minimum Gasteiger partial charge on any atom is -0.340 e. The highest BCUT2D eigenvalue weighted by Gasteiger charge is 2.16. The van der Waals surface area contributed by atoms with E-state index in [0.717, 1.165) is 42.4 Å². The van der Waals surface area contributed by atoms with E-state index in [-0.39, 0.29) is 18.2 Å². The Morgan fingerprint density at radius 1 is 1.12 bits per heavy atom. The molecule has 0 radical (unpaired) electrons. The first-order valence-electron chi connectivity index (χ1n) is 8.04. The standard InChI is InChI=1S/C17H17FN6S.ClH/c18-12-1-3-13(4-2-12)21-16-9-14(15-10-20-11-25-15)22-17(23-16)24-7-5-19-6-8-24;/h1-4,9-11,19H,5-8H2,(H,21,22,23);1H. The summed E-state index contributed by atoms with van der Waals surface area (Å²) in [4.78, 5) is 16.7. The molecule has 0 unspecified atom stereocenters. The van der Waals surface area contributed by atoms with Crippen molar-refractivity contribution in [1.29, 1.82) is 0 Å². The van der Waals surface area contributed by atoms with Crippen molar-refractivity contribution < 1.29 is 4.39 Å².